The largest absolute Gasteiger partial charge is 0.374 e. The Kier molecular flexibility index (Phi) is 4.11. The van der Waals surface area contributed by atoms with E-state index < -0.39 is 0 Å². The van der Waals surface area contributed by atoms with Crippen molar-refractivity contribution in [2.45, 2.75) is 39.9 Å². The summed E-state index contributed by atoms with van der Waals surface area (Å²) in [6.07, 6.45) is 1.26. The molecule has 0 aliphatic heterocycles. The average Bonchev–Trinajstić information content (AvgIpc) is 2.49. The first-order valence-corrected chi connectivity index (χ1v) is 5.20. The van der Waals surface area contributed by atoms with Crippen molar-refractivity contribution >= 4 is 5.82 Å². The average molecular weight is 212 g/mol. The number of aryl methyl sites for hydroxylation is 2. The summed E-state index contributed by atoms with van der Waals surface area (Å²) in [6, 6.07) is 0. The Labute approximate surface area is 90.6 Å². The lowest BCUT2D eigenvalue weighted by Crippen LogP contribution is -2.14. The molecule has 1 heterocycles. The first-order chi connectivity index (χ1) is 7.10. The molecule has 1 atom stereocenters. The van der Waals surface area contributed by atoms with Gasteiger partial charge in [0.15, 0.2) is 0 Å². The van der Waals surface area contributed by atoms with Gasteiger partial charge in [-0.1, -0.05) is 6.92 Å². The van der Waals surface area contributed by atoms with Crippen molar-refractivity contribution in [2.75, 3.05) is 5.43 Å². The lowest BCUT2D eigenvalue weighted by molar-refractivity contribution is 0.0508. The molecule has 0 spiro atoms. The number of hydrogen-bond donors (Lipinski definition) is 2. The number of aromatic nitrogens is 2. The van der Waals surface area contributed by atoms with Gasteiger partial charge < -0.3 is 10.2 Å². The van der Waals surface area contributed by atoms with Crippen LogP contribution in [-0.2, 0) is 18.4 Å². The highest BCUT2D eigenvalue weighted by Gasteiger charge is 2.13. The third-order valence-electron chi connectivity index (χ3n) is 2.57. The second-order valence-electron chi connectivity index (χ2n) is 3.71. The number of nitrogens with two attached hydrogens (primary N) is 1. The molecule has 5 heteroatoms. The molecule has 1 aromatic heterocycles. The molecule has 0 amide bonds. The van der Waals surface area contributed by atoms with Crippen LogP contribution in [0.15, 0.2) is 0 Å². The van der Waals surface area contributed by atoms with Gasteiger partial charge in [-0.05, 0) is 20.3 Å². The van der Waals surface area contributed by atoms with Gasteiger partial charge in [0.2, 0.25) is 0 Å². The van der Waals surface area contributed by atoms with E-state index >= 15 is 0 Å². The predicted molar refractivity (Wildman–Crippen MR) is 60.3 cm³/mol. The normalized spacial score (nSPS) is 12.9. The molecule has 0 fully saturated rings. The van der Waals surface area contributed by atoms with Gasteiger partial charge in [-0.25, -0.2) is 5.84 Å². The van der Waals surface area contributed by atoms with Crippen molar-refractivity contribution < 1.29 is 4.74 Å². The number of nitrogen functional groups attached to an aromatic ring is 1. The van der Waals surface area contributed by atoms with E-state index in [0.717, 1.165) is 23.5 Å². The van der Waals surface area contributed by atoms with E-state index in [1.807, 2.05) is 14.0 Å². The van der Waals surface area contributed by atoms with E-state index in [-0.39, 0.29) is 6.10 Å². The van der Waals surface area contributed by atoms with Crippen molar-refractivity contribution in [3.63, 3.8) is 0 Å². The van der Waals surface area contributed by atoms with Crippen molar-refractivity contribution in [1.82, 2.24) is 9.78 Å². The number of anilines is 1. The van der Waals surface area contributed by atoms with Crippen LogP contribution in [0.5, 0.6) is 0 Å². The van der Waals surface area contributed by atoms with E-state index in [4.69, 9.17) is 10.6 Å². The molecular formula is C10H20N4O. The molecule has 0 aliphatic carbocycles. The summed E-state index contributed by atoms with van der Waals surface area (Å²) in [5.41, 5.74) is 4.63. The van der Waals surface area contributed by atoms with Gasteiger partial charge in [-0.3, -0.25) is 4.68 Å². The summed E-state index contributed by atoms with van der Waals surface area (Å²) < 4.78 is 7.39. The van der Waals surface area contributed by atoms with Crippen LogP contribution in [0.25, 0.3) is 0 Å². The van der Waals surface area contributed by atoms with E-state index in [1.165, 1.54) is 0 Å². The third kappa shape index (κ3) is 2.70. The van der Waals surface area contributed by atoms with E-state index in [0.29, 0.717) is 6.61 Å². The summed E-state index contributed by atoms with van der Waals surface area (Å²) in [5, 5.41) is 4.28. The first-order valence-electron chi connectivity index (χ1n) is 5.20. The highest BCUT2D eigenvalue weighted by atomic mass is 16.5. The first kappa shape index (κ1) is 12.0. The smallest absolute Gasteiger partial charge is 0.143 e. The molecule has 86 valence electrons. The Bertz CT molecular complexity index is 321. The van der Waals surface area contributed by atoms with Crippen molar-refractivity contribution in [3.05, 3.63) is 11.3 Å². The maximum atomic E-state index is 5.66. The maximum Gasteiger partial charge on any atom is 0.143 e. The van der Waals surface area contributed by atoms with Crippen molar-refractivity contribution in [1.29, 1.82) is 0 Å². The molecule has 5 nitrogen and oxygen atoms in total. The fraction of sp³-hybridized carbons (Fsp3) is 0.700. The zero-order valence-corrected chi connectivity index (χ0v) is 9.87. The minimum absolute atomic E-state index is 0.259. The summed E-state index contributed by atoms with van der Waals surface area (Å²) in [6.45, 7) is 6.66. The van der Waals surface area contributed by atoms with Crippen LogP contribution >= 0.6 is 0 Å². The van der Waals surface area contributed by atoms with E-state index in [9.17, 15) is 0 Å². The highest BCUT2D eigenvalue weighted by Crippen LogP contribution is 2.19. The molecule has 0 radical (unpaired) electrons. The number of hydrazine groups is 1. The topological polar surface area (TPSA) is 65.1 Å². The lowest BCUT2D eigenvalue weighted by Gasteiger charge is -2.11. The number of hydrogen-bond acceptors (Lipinski definition) is 4. The number of nitrogens with one attached hydrogen (secondary N) is 1. The van der Waals surface area contributed by atoms with Crippen LogP contribution in [0, 0.1) is 6.92 Å². The molecule has 0 saturated carbocycles. The minimum Gasteiger partial charge on any atom is -0.374 e. The summed E-state index contributed by atoms with van der Waals surface area (Å²) in [4.78, 5) is 0. The monoisotopic (exact) mass is 212 g/mol. The lowest BCUT2D eigenvalue weighted by atomic mass is 10.2. The van der Waals surface area contributed by atoms with Gasteiger partial charge in [-0.15, -0.1) is 0 Å². The molecule has 0 bridgehead atoms. The third-order valence-corrected chi connectivity index (χ3v) is 2.57. The van der Waals surface area contributed by atoms with Crippen molar-refractivity contribution in [2.24, 2.45) is 12.9 Å². The van der Waals surface area contributed by atoms with Crippen LogP contribution in [0.1, 0.15) is 31.5 Å². The SMILES string of the molecule is CCC(C)OCc1c(C)nn(C)c1NN. The second-order valence-corrected chi connectivity index (χ2v) is 3.71. The molecule has 15 heavy (non-hydrogen) atoms. The Morgan fingerprint density at radius 1 is 1.60 bits per heavy atom. The zero-order valence-electron chi connectivity index (χ0n) is 9.87. The fourth-order valence-corrected chi connectivity index (χ4v) is 1.40. The summed E-state index contributed by atoms with van der Waals surface area (Å²) in [5.74, 6) is 6.25. The number of rotatable bonds is 5. The molecule has 0 aromatic carbocycles. The highest BCUT2D eigenvalue weighted by molar-refractivity contribution is 5.45. The Morgan fingerprint density at radius 2 is 2.27 bits per heavy atom. The quantitative estimate of drug-likeness (QED) is 0.571. The summed E-state index contributed by atoms with van der Waals surface area (Å²) in [7, 11) is 1.86. The second kappa shape index (κ2) is 5.14. The van der Waals surface area contributed by atoms with Gasteiger partial charge in [0.05, 0.1) is 18.4 Å². The standard InChI is InChI=1S/C10H20N4O/c1-5-7(2)15-6-9-8(3)13-14(4)10(9)12-11/h7,12H,5-6,11H2,1-4H3. The molecule has 1 rings (SSSR count). The molecule has 1 aromatic rings. The summed E-state index contributed by atoms with van der Waals surface area (Å²) >= 11 is 0. The molecule has 0 saturated heterocycles. The van der Waals surface area contributed by atoms with Crippen molar-refractivity contribution in [3.8, 4) is 0 Å². The van der Waals surface area contributed by atoms with Crippen LogP contribution in [0.3, 0.4) is 0 Å². The fourth-order valence-electron chi connectivity index (χ4n) is 1.40. The van der Waals surface area contributed by atoms with E-state index in [1.54, 1.807) is 4.68 Å². The predicted octanol–water partition coefficient (Wildman–Crippen LogP) is 1.33. The molecule has 3 N–H and O–H groups in total. The van der Waals surface area contributed by atoms with Gasteiger partial charge >= 0.3 is 0 Å². The molecule has 0 aliphatic rings. The molecular weight excluding hydrogens is 192 g/mol. The Morgan fingerprint density at radius 3 is 2.80 bits per heavy atom. The van der Waals surface area contributed by atoms with Crippen LogP contribution in [-0.4, -0.2) is 15.9 Å². The Balaban J connectivity index is 2.75. The van der Waals surface area contributed by atoms with Gasteiger partial charge in [-0.2, -0.15) is 5.10 Å². The van der Waals surface area contributed by atoms with Gasteiger partial charge in [0, 0.05) is 12.6 Å². The maximum absolute atomic E-state index is 5.66. The zero-order chi connectivity index (χ0) is 11.4. The van der Waals surface area contributed by atoms with Crippen LogP contribution in [0.4, 0.5) is 5.82 Å². The number of ether oxygens (including phenoxy) is 1. The van der Waals surface area contributed by atoms with Gasteiger partial charge in [0.1, 0.15) is 5.82 Å². The minimum atomic E-state index is 0.259. The number of nitrogens with zero attached hydrogens (tertiary/aromatic N) is 2. The Hall–Kier alpha value is -1.07. The van der Waals surface area contributed by atoms with Gasteiger partial charge in [0.25, 0.3) is 0 Å². The van der Waals surface area contributed by atoms with Crippen LogP contribution < -0.4 is 11.3 Å². The van der Waals surface area contributed by atoms with E-state index in [2.05, 4.69) is 24.4 Å². The molecule has 1 unspecified atom stereocenters. The van der Waals surface area contributed by atoms with Crippen LogP contribution in [0.2, 0.25) is 0 Å².